The van der Waals surface area contributed by atoms with E-state index in [9.17, 15) is 21.6 Å². The summed E-state index contributed by atoms with van der Waals surface area (Å²) < 4.78 is 67.8. The Morgan fingerprint density at radius 2 is 1.75 bits per heavy atom. The third-order valence-corrected chi connectivity index (χ3v) is 6.57. The van der Waals surface area contributed by atoms with Crippen LogP contribution >= 0.6 is 11.5 Å². The Morgan fingerprint density at radius 1 is 1.11 bits per heavy atom. The third kappa shape index (κ3) is 3.94. The Balaban J connectivity index is 1.53. The molecule has 28 heavy (non-hydrogen) atoms. The molecule has 1 saturated carbocycles. The summed E-state index contributed by atoms with van der Waals surface area (Å²) in [7, 11) is -4.22. The minimum Gasteiger partial charge on any atom is -0.367 e. The second kappa shape index (κ2) is 6.85. The zero-order chi connectivity index (χ0) is 20.1. The van der Waals surface area contributed by atoms with Gasteiger partial charge in [0.25, 0.3) is 0 Å². The van der Waals surface area contributed by atoms with Crippen molar-refractivity contribution in [2.75, 3.05) is 36.0 Å². The molecule has 1 aliphatic heterocycles. The molecule has 1 aromatic carbocycles. The van der Waals surface area contributed by atoms with Gasteiger partial charge >= 0.3 is 6.18 Å². The first kappa shape index (κ1) is 19.4. The minimum atomic E-state index is -4.69. The Bertz CT molecular complexity index is 980. The molecule has 7 nitrogen and oxygen atoms in total. The lowest BCUT2D eigenvalue weighted by Gasteiger charge is -2.37. The molecule has 4 rings (SSSR count). The molecule has 2 fully saturated rings. The van der Waals surface area contributed by atoms with Gasteiger partial charge in [-0.3, -0.25) is 0 Å². The lowest BCUT2D eigenvalue weighted by Crippen LogP contribution is -2.47. The zero-order valence-corrected chi connectivity index (χ0v) is 16.3. The number of sulfonamides is 1. The Kier molecular flexibility index (Phi) is 4.74. The van der Waals surface area contributed by atoms with Crippen molar-refractivity contribution in [3.8, 4) is 0 Å². The van der Waals surface area contributed by atoms with Gasteiger partial charge < -0.3 is 9.80 Å². The summed E-state index contributed by atoms with van der Waals surface area (Å²) in [6, 6.07) is 2.89. The van der Waals surface area contributed by atoms with Crippen molar-refractivity contribution in [3.63, 3.8) is 0 Å². The average Bonchev–Trinajstić information content (AvgIpc) is 3.37. The smallest absolute Gasteiger partial charge is 0.367 e. The third-order valence-electron chi connectivity index (χ3n) is 4.87. The van der Waals surface area contributed by atoms with Gasteiger partial charge in [0.05, 0.1) is 10.5 Å². The van der Waals surface area contributed by atoms with E-state index in [1.54, 1.807) is 4.90 Å². The van der Waals surface area contributed by atoms with Gasteiger partial charge in [-0.25, -0.2) is 18.5 Å². The molecule has 0 atom stereocenters. The maximum absolute atomic E-state index is 13.5. The summed E-state index contributed by atoms with van der Waals surface area (Å²) >= 11 is 1.32. The van der Waals surface area contributed by atoms with Crippen LogP contribution in [0.5, 0.6) is 0 Å². The van der Waals surface area contributed by atoms with E-state index in [4.69, 9.17) is 5.14 Å². The van der Waals surface area contributed by atoms with E-state index in [2.05, 4.69) is 9.36 Å². The van der Waals surface area contributed by atoms with E-state index in [-0.39, 0.29) is 5.69 Å². The molecule has 0 bridgehead atoms. The summed E-state index contributed by atoms with van der Waals surface area (Å²) in [6.45, 7) is 1.73. The number of halogens is 3. The quantitative estimate of drug-likeness (QED) is 0.796. The molecule has 2 aliphatic rings. The summed E-state index contributed by atoms with van der Waals surface area (Å²) in [5.74, 6) is 1.32. The van der Waals surface area contributed by atoms with Crippen molar-refractivity contribution >= 4 is 32.4 Å². The van der Waals surface area contributed by atoms with Crippen LogP contribution in [0.25, 0.3) is 0 Å². The largest absolute Gasteiger partial charge is 0.418 e. The number of piperazine rings is 1. The van der Waals surface area contributed by atoms with Crippen molar-refractivity contribution < 1.29 is 21.6 Å². The topological polar surface area (TPSA) is 92.4 Å². The average molecular weight is 433 g/mol. The fourth-order valence-electron chi connectivity index (χ4n) is 3.20. The van der Waals surface area contributed by atoms with Gasteiger partial charge in [-0.1, -0.05) is 0 Å². The molecule has 12 heteroatoms. The Morgan fingerprint density at radius 3 is 2.32 bits per heavy atom. The number of nitrogens with two attached hydrogens (primary N) is 1. The first-order valence-electron chi connectivity index (χ1n) is 8.70. The molecule has 2 heterocycles. The molecule has 0 radical (unpaired) electrons. The van der Waals surface area contributed by atoms with Crippen molar-refractivity contribution in [1.82, 2.24) is 9.36 Å². The number of alkyl halides is 3. The predicted molar refractivity (Wildman–Crippen MR) is 99.1 cm³/mol. The first-order chi connectivity index (χ1) is 13.1. The number of primary sulfonamides is 1. The van der Waals surface area contributed by atoms with Crippen molar-refractivity contribution in [2.45, 2.75) is 29.8 Å². The van der Waals surface area contributed by atoms with Gasteiger partial charge in [-0.05, 0) is 31.0 Å². The zero-order valence-electron chi connectivity index (χ0n) is 14.7. The molecule has 0 spiro atoms. The highest BCUT2D eigenvalue weighted by atomic mass is 32.2. The maximum Gasteiger partial charge on any atom is 0.418 e. The van der Waals surface area contributed by atoms with Crippen LogP contribution in [0.2, 0.25) is 0 Å². The fraction of sp³-hybridized carbons (Fsp3) is 0.500. The van der Waals surface area contributed by atoms with Crippen LogP contribution in [0.4, 0.5) is 24.0 Å². The van der Waals surface area contributed by atoms with Gasteiger partial charge in [0.2, 0.25) is 15.2 Å². The molecule has 1 aliphatic carbocycles. The van der Waals surface area contributed by atoms with Gasteiger partial charge in [-0.15, -0.1) is 0 Å². The molecule has 2 N–H and O–H groups in total. The van der Waals surface area contributed by atoms with E-state index < -0.39 is 26.7 Å². The van der Waals surface area contributed by atoms with Gasteiger partial charge in [0.15, 0.2) is 0 Å². The standard InChI is InChI=1S/C16H18F3N5O2S2/c17-16(18,19)12-9-11(28(20,25)26)3-4-13(12)23-5-7-24(8-6-23)15-21-14(22-27-15)10-1-2-10/h3-4,9-10H,1-2,5-8H2,(H2,20,25,26). The molecule has 2 aromatic rings. The molecule has 1 aromatic heterocycles. The number of nitrogens with zero attached hydrogens (tertiary/aromatic N) is 4. The van der Waals surface area contributed by atoms with Crippen LogP contribution in [-0.4, -0.2) is 44.0 Å². The highest BCUT2D eigenvalue weighted by Gasteiger charge is 2.37. The van der Waals surface area contributed by atoms with Crippen LogP contribution in [0.3, 0.4) is 0 Å². The van der Waals surface area contributed by atoms with E-state index in [0.717, 1.165) is 29.9 Å². The maximum atomic E-state index is 13.5. The number of benzene rings is 1. The van der Waals surface area contributed by atoms with Gasteiger partial charge in [0, 0.05) is 49.3 Å². The number of aromatic nitrogens is 2. The highest BCUT2D eigenvalue weighted by Crippen LogP contribution is 2.40. The van der Waals surface area contributed by atoms with E-state index in [1.807, 2.05) is 4.90 Å². The van der Waals surface area contributed by atoms with Crippen LogP contribution in [0, 0.1) is 0 Å². The molecule has 0 amide bonds. The molecule has 0 unspecified atom stereocenters. The fourth-order valence-corrected chi connectivity index (χ4v) is 4.53. The Hall–Kier alpha value is -1.92. The monoisotopic (exact) mass is 433 g/mol. The second-order valence-corrected chi connectivity index (χ2v) is 9.20. The van der Waals surface area contributed by atoms with E-state index >= 15 is 0 Å². The molecular weight excluding hydrogens is 415 g/mol. The number of anilines is 2. The molecule has 152 valence electrons. The number of rotatable bonds is 4. The Labute approximate surface area is 164 Å². The van der Waals surface area contributed by atoms with Crippen LogP contribution in [0.1, 0.15) is 30.1 Å². The lowest BCUT2D eigenvalue weighted by molar-refractivity contribution is -0.137. The van der Waals surface area contributed by atoms with E-state index in [1.165, 1.54) is 17.6 Å². The predicted octanol–water partition coefficient (Wildman–Crippen LogP) is 2.41. The van der Waals surface area contributed by atoms with Crippen LogP contribution < -0.4 is 14.9 Å². The van der Waals surface area contributed by atoms with Crippen molar-refractivity contribution in [3.05, 3.63) is 29.6 Å². The summed E-state index contributed by atoms with van der Waals surface area (Å²) in [6.07, 6.45) is -2.47. The number of hydrogen-bond donors (Lipinski definition) is 1. The summed E-state index contributed by atoms with van der Waals surface area (Å²) in [4.78, 5) is 7.62. The van der Waals surface area contributed by atoms with E-state index in [0.29, 0.717) is 38.2 Å². The summed E-state index contributed by atoms with van der Waals surface area (Å²) in [5, 5.41) is 5.77. The highest BCUT2D eigenvalue weighted by molar-refractivity contribution is 7.89. The van der Waals surface area contributed by atoms with Crippen molar-refractivity contribution in [1.29, 1.82) is 0 Å². The van der Waals surface area contributed by atoms with Crippen molar-refractivity contribution in [2.24, 2.45) is 5.14 Å². The summed E-state index contributed by atoms with van der Waals surface area (Å²) in [5.41, 5.74) is -1.05. The van der Waals surface area contributed by atoms with Crippen LogP contribution in [-0.2, 0) is 16.2 Å². The van der Waals surface area contributed by atoms with Gasteiger partial charge in [-0.2, -0.15) is 17.5 Å². The minimum absolute atomic E-state index is 0.0458. The van der Waals surface area contributed by atoms with Gasteiger partial charge in [0.1, 0.15) is 5.82 Å². The lowest BCUT2D eigenvalue weighted by atomic mass is 10.1. The SMILES string of the molecule is NS(=O)(=O)c1ccc(N2CCN(c3nc(C4CC4)ns3)CC2)c(C(F)(F)F)c1. The molecular formula is C16H18F3N5O2S2. The normalized spacial score (nSPS) is 18.6. The molecule has 1 saturated heterocycles. The second-order valence-electron chi connectivity index (χ2n) is 6.91. The number of hydrogen-bond acceptors (Lipinski definition) is 7. The first-order valence-corrected chi connectivity index (χ1v) is 11.0. The van der Waals surface area contributed by atoms with Crippen LogP contribution in [0.15, 0.2) is 23.1 Å².